The van der Waals surface area contributed by atoms with E-state index < -0.39 is 10.0 Å². The summed E-state index contributed by atoms with van der Waals surface area (Å²) < 4.78 is 27.5. The van der Waals surface area contributed by atoms with Gasteiger partial charge in [-0.05, 0) is 49.2 Å². The van der Waals surface area contributed by atoms with Gasteiger partial charge in [0.1, 0.15) is 0 Å². The Hall–Kier alpha value is -1.80. The molecule has 2 fully saturated rings. The zero-order chi connectivity index (χ0) is 22.0. The van der Waals surface area contributed by atoms with E-state index >= 15 is 0 Å². The number of carbonyl (C=O) groups is 1. The summed E-state index contributed by atoms with van der Waals surface area (Å²) in [6, 6.07) is 12.1. The highest BCUT2D eigenvalue weighted by Gasteiger charge is 2.29. The number of piperazine rings is 1. The molecule has 0 atom stereocenters. The van der Waals surface area contributed by atoms with Crippen LogP contribution in [0.4, 0.5) is 5.69 Å². The molecule has 2 saturated heterocycles. The van der Waals surface area contributed by atoms with Crippen LogP contribution in [0.2, 0.25) is 10.0 Å². The molecule has 0 unspecified atom stereocenters. The lowest BCUT2D eigenvalue weighted by Gasteiger charge is -2.36. The lowest BCUT2D eigenvalue weighted by atomic mass is 10.1. The van der Waals surface area contributed by atoms with Gasteiger partial charge in [-0.3, -0.25) is 4.79 Å². The zero-order valence-corrected chi connectivity index (χ0v) is 19.5. The van der Waals surface area contributed by atoms with Gasteiger partial charge in [-0.1, -0.05) is 35.7 Å². The van der Waals surface area contributed by atoms with E-state index in [9.17, 15) is 13.2 Å². The van der Waals surface area contributed by atoms with Crippen molar-refractivity contribution in [3.63, 3.8) is 0 Å². The van der Waals surface area contributed by atoms with Gasteiger partial charge in [-0.15, -0.1) is 0 Å². The molecule has 31 heavy (non-hydrogen) atoms. The zero-order valence-electron chi connectivity index (χ0n) is 17.1. The number of sulfonamides is 1. The summed E-state index contributed by atoms with van der Waals surface area (Å²) >= 11 is 12.4. The van der Waals surface area contributed by atoms with Gasteiger partial charge < -0.3 is 9.80 Å². The minimum absolute atomic E-state index is 0.125. The van der Waals surface area contributed by atoms with Crippen LogP contribution in [0.3, 0.4) is 0 Å². The molecule has 1 amide bonds. The Labute approximate surface area is 193 Å². The number of amides is 1. The summed E-state index contributed by atoms with van der Waals surface area (Å²) in [5, 5.41) is 0.939. The molecule has 6 nitrogen and oxygen atoms in total. The van der Waals surface area contributed by atoms with Gasteiger partial charge in [0.25, 0.3) is 5.91 Å². The first-order valence-corrected chi connectivity index (χ1v) is 12.7. The lowest BCUT2D eigenvalue weighted by molar-refractivity contribution is 0.0746. The largest absolute Gasteiger partial charge is 0.368 e. The average molecular weight is 482 g/mol. The van der Waals surface area contributed by atoms with Crippen LogP contribution in [0.15, 0.2) is 47.4 Å². The number of halogens is 2. The van der Waals surface area contributed by atoms with Gasteiger partial charge in [-0.2, -0.15) is 4.31 Å². The molecular weight excluding hydrogens is 457 g/mol. The normalized spacial score (nSPS) is 18.3. The smallest absolute Gasteiger partial charge is 0.255 e. The van der Waals surface area contributed by atoms with Crippen LogP contribution < -0.4 is 4.90 Å². The van der Waals surface area contributed by atoms with Gasteiger partial charge in [-0.25, -0.2) is 8.42 Å². The summed E-state index contributed by atoms with van der Waals surface area (Å²) in [7, 11) is -3.63. The first-order chi connectivity index (χ1) is 14.9. The maximum Gasteiger partial charge on any atom is 0.255 e. The van der Waals surface area contributed by atoms with E-state index in [2.05, 4.69) is 4.90 Å². The molecule has 0 aromatic heterocycles. The minimum atomic E-state index is -3.63. The van der Waals surface area contributed by atoms with E-state index in [1.807, 2.05) is 24.3 Å². The Bertz CT molecular complexity index is 1060. The second-order valence-corrected chi connectivity index (χ2v) is 10.6. The highest BCUT2D eigenvalue weighted by Crippen LogP contribution is 2.27. The van der Waals surface area contributed by atoms with Crippen molar-refractivity contribution in [3.05, 3.63) is 58.1 Å². The van der Waals surface area contributed by atoms with Crippen molar-refractivity contribution in [2.75, 3.05) is 44.2 Å². The first-order valence-electron chi connectivity index (χ1n) is 10.5. The molecule has 166 valence electrons. The first kappa shape index (κ1) is 22.4. The van der Waals surface area contributed by atoms with Crippen molar-refractivity contribution in [3.8, 4) is 0 Å². The molecular formula is C22H25Cl2N3O3S. The molecule has 0 radical (unpaired) electrons. The van der Waals surface area contributed by atoms with E-state index in [-0.39, 0.29) is 21.4 Å². The van der Waals surface area contributed by atoms with Crippen molar-refractivity contribution in [2.45, 2.75) is 24.2 Å². The number of hydrogen-bond donors (Lipinski definition) is 0. The molecule has 2 heterocycles. The Morgan fingerprint density at radius 3 is 2.23 bits per heavy atom. The van der Waals surface area contributed by atoms with Crippen LogP contribution in [0, 0.1) is 0 Å². The number of hydrogen-bond acceptors (Lipinski definition) is 4. The molecule has 0 saturated carbocycles. The van der Waals surface area contributed by atoms with Crippen molar-refractivity contribution in [2.24, 2.45) is 0 Å². The molecule has 2 aromatic carbocycles. The number of rotatable bonds is 4. The topological polar surface area (TPSA) is 60.9 Å². The minimum Gasteiger partial charge on any atom is -0.368 e. The number of carbonyl (C=O) groups excluding carboxylic acids is 1. The maximum atomic E-state index is 13.2. The Morgan fingerprint density at radius 2 is 1.55 bits per heavy atom. The fourth-order valence-corrected chi connectivity index (χ4v) is 6.02. The van der Waals surface area contributed by atoms with Crippen molar-refractivity contribution in [1.29, 1.82) is 0 Å². The standard InChI is InChI=1S/C22H25Cl2N3O3S/c23-17-5-4-6-18(15-17)25-11-13-26(14-12-25)22(28)20-16-19(7-8-21(20)24)31(29,30)27-9-2-1-3-10-27/h4-8,15-16H,1-3,9-14H2. The van der Waals surface area contributed by atoms with E-state index in [1.165, 1.54) is 22.5 Å². The van der Waals surface area contributed by atoms with Crippen LogP contribution in [0.1, 0.15) is 29.6 Å². The summed E-state index contributed by atoms with van der Waals surface area (Å²) in [5.74, 6) is -0.244. The van der Waals surface area contributed by atoms with Gasteiger partial charge in [0, 0.05) is 50.0 Å². The average Bonchev–Trinajstić information content (AvgIpc) is 2.79. The highest BCUT2D eigenvalue weighted by atomic mass is 35.5. The van der Waals surface area contributed by atoms with Crippen LogP contribution in [0.5, 0.6) is 0 Å². The monoisotopic (exact) mass is 481 g/mol. The van der Waals surface area contributed by atoms with Crippen molar-refractivity contribution >= 4 is 44.8 Å². The second kappa shape index (κ2) is 9.36. The molecule has 0 bridgehead atoms. The third-order valence-electron chi connectivity index (χ3n) is 5.86. The Kier molecular flexibility index (Phi) is 6.77. The predicted octanol–water partition coefficient (Wildman–Crippen LogP) is 4.13. The van der Waals surface area contributed by atoms with E-state index in [0.717, 1.165) is 24.9 Å². The summed E-state index contributed by atoms with van der Waals surface area (Å²) in [6.07, 6.45) is 2.75. The van der Waals surface area contributed by atoms with Gasteiger partial charge in [0.15, 0.2) is 0 Å². The number of benzene rings is 2. The fourth-order valence-electron chi connectivity index (χ4n) is 4.09. The molecule has 2 aliphatic rings. The van der Waals surface area contributed by atoms with Crippen molar-refractivity contribution < 1.29 is 13.2 Å². The Balaban J connectivity index is 1.49. The van der Waals surface area contributed by atoms with Gasteiger partial charge >= 0.3 is 0 Å². The van der Waals surface area contributed by atoms with Crippen LogP contribution >= 0.6 is 23.2 Å². The molecule has 2 aliphatic heterocycles. The van der Waals surface area contributed by atoms with Crippen molar-refractivity contribution in [1.82, 2.24) is 9.21 Å². The van der Waals surface area contributed by atoms with Gasteiger partial charge in [0.05, 0.1) is 15.5 Å². The fraction of sp³-hybridized carbons (Fsp3) is 0.409. The molecule has 0 N–H and O–H groups in total. The molecule has 2 aromatic rings. The maximum absolute atomic E-state index is 13.2. The predicted molar refractivity (Wildman–Crippen MR) is 124 cm³/mol. The molecule has 0 aliphatic carbocycles. The SMILES string of the molecule is O=C(c1cc(S(=O)(=O)N2CCCCC2)ccc1Cl)N1CCN(c2cccc(Cl)c2)CC1. The second-order valence-electron chi connectivity index (χ2n) is 7.87. The summed E-state index contributed by atoms with van der Waals surface area (Å²) in [5.41, 5.74) is 1.25. The van der Waals surface area contributed by atoms with E-state index in [1.54, 1.807) is 4.90 Å². The van der Waals surface area contributed by atoms with E-state index in [0.29, 0.717) is 44.3 Å². The van der Waals surface area contributed by atoms with E-state index in [4.69, 9.17) is 23.2 Å². The Morgan fingerprint density at radius 1 is 0.839 bits per heavy atom. The third kappa shape index (κ3) is 4.85. The van der Waals surface area contributed by atoms with Crippen LogP contribution in [-0.4, -0.2) is 62.8 Å². The third-order valence-corrected chi connectivity index (χ3v) is 8.32. The number of nitrogens with zero attached hydrogens (tertiary/aromatic N) is 3. The number of anilines is 1. The summed E-state index contributed by atoms with van der Waals surface area (Å²) in [4.78, 5) is 17.2. The molecule has 9 heteroatoms. The molecule has 4 rings (SSSR count). The lowest BCUT2D eigenvalue weighted by Crippen LogP contribution is -2.48. The number of piperidine rings is 1. The van der Waals surface area contributed by atoms with Crippen LogP contribution in [-0.2, 0) is 10.0 Å². The van der Waals surface area contributed by atoms with Crippen LogP contribution in [0.25, 0.3) is 0 Å². The summed E-state index contributed by atoms with van der Waals surface area (Å²) in [6.45, 7) is 3.39. The highest BCUT2D eigenvalue weighted by molar-refractivity contribution is 7.89. The quantitative estimate of drug-likeness (QED) is 0.658. The molecule has 0 spiro atoms. The van der Waals surface area contributed by atoms with Gasteiger partial charge in [0.2, 0.25) is 10.0 Å².